The van der Waals surface area contributed by atoms with Crippen molar-refractivity contribution >= 4 is 6.29 Å². The smallest absolute Gasteiger partial charge is 0.180 e. The summed E-state index contributed by atoms with van der Waals surface area (Å²) in [5.41, 5.74) is -0.177. The van der Waals surface area contributed by atoms with Crippen molar-refractivity contribution in [2.24, 2.45) is 0 Å². The lowest BCUT2D eigenvalue weighted by Crippen LogP contribution is -1.94. The lowest BCUT2D eigenvalue weighted by atomic mass is 10.1. The lowest BCUT2D eigenvalue weighted by molar-refractivity contribution is -0.112. The minimum Gasteiger partial charge on any atom is -0.300 e. The molecule has 1 nitrogen and oxygen atoms in total. The molecule has 0 saturated heterocycles. The van der Waals surface area contributed by atoms with Crippen LogP contribution in [-0.4, -0.2) is 6.29 Å². The fraction of sp³-hybridized carbons (Fsp3) is 0.125. The Bertz CT molecular complexity index is 298. The predicted octanol–water partition coefficient (Wildman–Crippen LogP) is 2.17. The van der Waals surface area contributed by atoms with Gasteiger partial charge in [-0.25, -0.2) is 13.2 Å². The molecule has 4 heteroatoms. The Hall–Kier alpha value is -1.32. The molecule has 0 heterocycles. The standard InChI is InChI=1S/C8H5F3O/c9-6-2-1-5(3-7(6)10)8(11)4-12/h1-4,8H. The highest BCUT2D eigenvalue weighted by Gasteiger charge is 2.10. The van der Waals surface area contributed by atoms with E-state index in [0.717, 1.165) is 12.1 Å². The summed E-state index contributed by atoms with van der Waals surface area (Å²) in [6.45, 7) is 0. The molecule has 0 aliphatic rings. The van der Waals surface area contributed by atoms with Gasteiger partial charge in [0.2, 0.25) is 0 Å². The van der Waals surface area contributed by atoms with Gasteiger partial charge in [-0.1, -0.05) is 6.07 Å². The number of alkyl halides is 1. The van der Waals surface area contributed by atoms with E-state index < -0.39 is 17.8 Å². The molecule has 0 fully saturated rings. The summed E-state index contributed by atoms with van der Waals surface area (Å²) in [5, 5.41) is 0. The largest absolute Gasteiger partial charge is 0.300 e. The first-order valence-corrected chi connectivity index (χ1v) is 3.19. The van der Waals surface area contributed by atoms with Gasteiger partial charge in [-0.15, -0.1) is 0 Å². The first kappa shape index (κ1) is 8.77. The van der Waals surface area contributed by atoms with Gasteiger partial charge in [0, 0.05) is 0 Å². The maximum absolute atomic E-state index is 12.5. The SMILES string of the molecule is O=CC(F)c1ccc(F)c(F)c1. The van der Waals surface area contributed by atoms with E-state index in [9.17, 15) is 18.0 Å². The van der Waals surface area contributed by atoms with E-state index in [1.165, 1.54) is 0 Å². The Labute approximate surface area is 66.8 Å². The van der Waals surface area contributed by atoms with Crippen LogP contribution in [0.5, 0.6) is 0 Å². The van der Waals surface area contributed by atoms with E-state index in [-0.39, 0.29) is 11.8 Å². The Morgan fingerprint density at radius 1 is 1.25 bits per heavy atom. The second kappa shape index (κ2) is 3.38. The van der Waals surface area contributed by atoms with Crippen LogP contribution in [0.3, 0.4) is 0 Å². The van der Waals surface area contributed by atoms with Crippen LogP contribution >= 0.6 is 0 Å². The van der Waals surface area contributed by atoms with Crippen LogP contribution < -0.4 is 0 Å². The van der Waals surface area contributed by atoms with Gasteiger partial charge < -0.3 is 0 Å². The highest BCUT2D eigenvalue weighted by molar-refractivity contribution is 5.59. The van der Waals surface area contributed by atoms with Crippen molar-refractivity contribution in [1.82, 2.24) is 0 Å². The summed E-state index contributed by atoms with van der Waals surface area (Å²) < 4.78 is 37.2. The maximum Gasteiger partial charge on any atom is 0.180 e. The van der Waals surface area contributed by atoms with E-state index in [4.69, 9.17) is 0 Å². The zero-order chi connectivity index (χ0) is 9.14. The molecule has 0 aliphatic heterocycles. The van der Waals surface area contributed by atoms with Crippen LogP contribution in [0.1, 0.15) is 11.7 Å². The number of aldehydes is 1. The molecule has 1 aromatic rings. The van der Waals surface area contributed by atoms with Crippen LogP contribution in [-0.2, 0) is 4.79 Å². The fourth-order valence-corrected chi connectivity index (χ4v) is 0.762. The minimum absolute atomic E-state index is 0.0205. The summed E-state index contributed by atoms with van der Waals surface area (Å²) in [7, 11) is 0. The first-order valence-electron chi connectivity index (χ1n) is 3.19. The van der Waals surface area contributed by atoms with Crippen molar-refractivity contribution in [3.05, 3.63) is 35.4 Å². The number of halogens is 3. The molecule has 1 unspecified atom stereocenters. The highest BCUT2D eigenvalue weighted by Crippen LogP contribution is 2.17. The molecule has 1 aromatic carbocycles. The van der Waals surface area contributed by atoms with Crippen LogP contribution in [0.25, 0.3) is 0 Å². The lowest BCUT2D eigenvalue weighted by Gasteiger charge is -2.00. The van der Waals surface area contributed by atoms with Crippen molar-refractivity contribution < 1.29 is 18.0 Å². The van der Waals surface area contributed by atoms with Gasteiger partial charge in [0.15, 0.2) is 24.1 Å². The minimum atomic E-state index is -1.89. The predicted molar refractivity (Wildman–Crippen MR) is 36.3 cm³/mol. The van der Waals surface area contributed by atoms with Crippen molar-refractivity contribution in [3.63, 3.8) is 0 Å². The molecular formula is C8H5F3O. The van der Waals surface area contributed by atoms with E-state index in [2.05, 4.69) is 0 Å². The number of carbonyl (C=O) groups excluding carboxylic acids is 1. The van der Waals surface area contributed by atoms with Crippen molar-refractivity contribution in [2.45, 2.75) is 6.17 Å². The van der Waals surface area contributed by atoms with Gasteiger partial charge in [0.25, 0.3) is 0 Å². The third kappa shape index (κ3) is 1.64. The van der Waals surface area contributed by atoms with E-state index in [1.54, 1.807) is 0 Å². The summed E-state index contributed by atoms with van der Waals surface area (Å²) >= 11 is 0. The number of hydrogen-bond donors (Lipinski definition) is 0. The molecule has 0 amide bonds. The summed E-state index contributed by atoms with van der Waals surface area (Å²) in [4.78, 5) is 9.91. The Kier molecular flexibility index (Phi) is 2.47. The Balaban J connectivity index is 3.04. The van der Waals surface area contributed by atoms with E-state index in [1.807, 2.05) is 0 Å². The van der Waals surface area contributed by atoms with Gasteiger partial charge in [0.1, 0.15) is 0 Å². The maximum atomic E-state index is 12.5. The summed E-state index contributed by atoms with van der Waals surface area (Å²) in [6.07, 6.45) is -1.87. The third-order valence-corrected chi connectivity index (χ3v) is 1.38. The number of carbonyl (C=O) groups is 1. The highest BCUT2D eigenvalue weighted by atomic mass is 19.2. The second-order valence-corrected chi connectivity index (χ2v) is 2.21. The quantitative estimate of drug-likeness (QED) is 0.628. The monoisotopic (exact) mass is 174 g/mol. The molecule has 0 radical (unpaired) electrons. The zero-order valence-corrected chi connectivity index (χ0v) is 5.93. The molecule has 0 aliphatic carbocycles. The molecule has 64 valence electrons. The van der Waals surface area contributed by atoms with Crippen molar-refractivity contribution in [3.8, 4) is 0 Å². The van der Waals surface area contributed by atoms with Crippen molar-refractivity contribution in [2.75, 3.05) is 0 Å². The molecular weight excluding hydrogens is 169 g/mol. The molecule has 0 saturated carbocycles. The first-order chi connectivity index (χ1) is 5.65. The van der Waals surface area contributed by atoms with Crippen LogP contribution in [0, 0.1) is 11.6 Å². The second-order valence-electron chi connectivity index (χ2n) is 2.21. The van der Waals surface area contributed by atoms with Crippen LogP contribution in [0.2, 0.25) is 0 Å². The third-order valence-electron chi connectivity index (χ3n) is 1.38. The molecule has 1 rings (SSSR count). The molecule has 0 aromatic heterocycles. The summed E-state index contributed by atoms with van der Waals surface area (Å²) in [6, 6.07) is 2.46. The van der Waals surface area contributed by atoms with Crippen LogP contribution in [0.15, 0.2) is 18.2 Å². The molecule has 1 atom stereocenters. The number of rotatable bonds is 2. The Morgan fingerprint density at radius 2 is 1.92 bits per heavy atom. The van der Waals surface area contributed by atoms with Gasteiger partial charge >= 0.3 is 0 Å². The average Bonchev–Trinajstić information content (AvgIpc) is 2.08. The molecule has 0 N–H and O–H groups in total. The fourth-order valence-electron chi connectivity index (χ4n) is 0.762. The molecule has 0 bridgehead atoms. The van der Waals surface area contributed by atoms with Gasteiger partial charge in [-0.05, 0) is 17.7 Å². The normalized spacial score (nSPS) is 12.6. The van der Waals surface area contributed by atoms with Crippen molar-refractivity contribution in [1.29, 1.82) is 0 Å². The zero-order valence-electron chi connectivity index (χ0n) is 5.93. The van der Waals surface area contributed by atoms with Gasteiger partial charge in [-0.2, -0.15) is 0 Å². The number of hydrogen-bond acceptors (Lipinski definition) is 1. The average molecular weight is 174 g/mol. The summed E-state index contributed by atoms with van der Waals surface area (Å²) in [5.74, 6) is -2.21. The van der Waals surface area contributed by atoms with E-state index in [0.29, 0.717) is 6.07 Å². The topological polar surface area (TPSA) is 17.1 Å². The molecule has 0 spiro atoms. The Morgan fingerprint density at radius 3 is 2.42 bits per heavy atom. The van der Waals surface area contributed by atoms with Gasteiger partial charge in [-0.3, -0.25) is 4.79 Å². The molecule has 12 heavy (non-hydrogen) atoms. The number of benzene rings is 1. The van der Waals surface area contributed by atoms with E-state index >= 15 is 0 Å². The van der Waals surface area contributed by atoms with Gasteiger partial charge in [0.05, 0.1) is 0 Å². The van der Waals surface area contributed by atoms with Crippen LogP contribution in [0.4, 0.5) is 13.2 Å².